The predicted octanol–water partition coefficient (Wildman–Crippen LogP) is 4.05. The van der Waals surface area contributed by atoms with E-state index >= 15 is 0 Å². The van der Waals surface area contributed by atoms with Gasteiger partial charge in [-0.15, -0.1) is 12.3 Å². The van der Waals surface area contributed by atoms with E-state index in [9.17, 15) is 18.0 Å². The number of hydrogen-bond acceptors (Lipinski definition) is 1. The molecule has 0 radical (unpaired) electrons. The molecule has 3 rings (SSSR count). The minimum atomic E-state index is -4.47. The molecular formula is C20H16F3NO. The van der Waals surface area contributed by atoms with E-state index in [0.29, 0.717) is 11.1 Å². The summed E-state index contributed by atoms with van der Waals surface area (Å²) in [6, 6.07) is 14.6. The molecule has 0 aliphatic heterocycles. The summed E-state index contributed by atoms with van der Waals surface area (Å²) >= 11 is 0. The van der Waals surface area contributed by atoms with Crippen LogP contribution in [0.2, 0.25) is 0 Å². The first-order valence-corrected chi connectivity index (χ1v) is 7.88. The van der Waals surface area contributed by atoms with Crippen LogP contribution in [0.3, 0.4) is 0 Å². The number of halogens is 3. The quantitative estimate of drug-likeness (QED) is 0.834. The number of carbonyl (C=O) groups is 1. The van der Waals surface area contributed by atoms with Crippen molar-refractivity contribution in [2.45, 2.75) is 24.4 Å². The zero-order valence-corrected chi connectivity index (χ0v) is 13.4. The van der Waals surface area contributed by atoms with Gasteiger partial charge >= 0.3 is 6.18 Å². The van der Waals surface area contributed by atoms with E-state index in [1.165, 1.54) is 0 Å². The van der Waals surface area contributed by atoms with Crippen molar-refractivity contribution in [3.05, 3.63) is 59.7 Å². The number of fused-ring (bicyclic) bond motifs is 3. The van der Waals surface area contributed by atoms with Gasteiger partial charge in [0.15, 0.2) is 0 Å². The Labute approximate surface area is 144 Å². The van der Waals surface area contributed by atoms with Crippen molar-refractivity contribution >= 4 is 5.91 Å². The van der Waals surface area contributed by atoms with Gasteiger partial charge < -0.3 is 5.32 Å². The van der Waals surface area contributed by atoms with E-state index in [2.05, 4.69) is 11.2 Å². The topological polar surface area (TPSA) is 29.1 Å². The Morgan fingerprint density at radius 2 is 1.56 bits per heavy atom. The largest absolute Gasteiger partial charge is 0.405 e. The summed E-state index contributed by atoms with van der Waals surface area (Å²) in [5, 5.41) is 2.06. The van der Waals surface area contributed by atoms with Gasteiger partial charge in [-0.1, -0.05) is 48.5 Å². The molecule has 0 fully saturated rings. The number of terminal acetylenes is 1. The first-order valence-electron chi connectivity index (χ1n) is 7.88. The second kappa shape index (κ2) is 6.29. The molecule has 0 aromatic heterocycles. The first kappa shape index (κ1) is 17.1. The van der Waals surface area contributed by atoms with Crippen LogP contribution < -0.4 is 5.32 Å². The highest BCUT2D eigenvalue weighted by atomic mass is 19.4. The van der Waals surface area contributed by atoms with Crippen LogP contribution in [-0.4, -0.2) is 18.6 Å². The van der Waals surface area contributed by atoms with Gasteiger partial charge in [0.1, 0.15) is 12.0 Å². The summed E-state index contributed by atoms with van der Waals surface area (Å²) in [6.45, 7) is -1.37. The van der Waals surface area contributed by atoms with Gasteiger partial charge in [0.05, 0.1) is 0 Å². The maximum atomic E-state index is 13.0. The Kier molecular flexibility index (Phi) is 4.30. The molecule has 0 spiro atoms. The van der Waals surface area contributed by atoms with Gasteiger partial charge in [-0.3, -0.25) is 4.79 Å². The Morgan fingerprint density at radius 3 is 2.04 bits per heavy atom. The van der Waals surface area contributed by atoms with Crippen LogP contribution in [0.25, 0.3) is 11.1 Å². The summed E-state index contributed by atoms with van der Waals surface area (Å²) in [5.74, 6) is 1.84. The van der Waals surface area contributed by atoms with Crippen molar-refractivity contribution in [2.24, 2.45) is 0 Å². The molecule has 128 valence electrons. The number of alkyl halides is 3. The van der Waals surface area contributed by atoms with Crippen molar-refractivity contribution in [3.8, 4) is 23.5 Å². The molecule has 0 bridgehead atoms. The van der Waals surface area contributed by atoms with Crippen molar-refractivity contribution < 1.29 is 18.0 Å². The van der Waals surface area contributed by atoms with E-state index < -0.39 is 24.0 Å². The lowest BCUT2D eigenvalue weighted by Gasteiger charge is -2.30. The molecule has 1 amide bonds. The minimum Gasteiger partial charge on any atom is -0.346 e. The summed E-state index contributed by atoms with van der Waals surface area (Å²) in [4.78, 5) is 13.0. The first-order chi connectivity index (χ1) is 11.9. The minimum absolute atomic E-state index is 0.251. The molecule has 0 atom stereocenters. The Hall–Kier alpha value is -2.74. The second-order valence-electron chi connectivity index (χ2n) is 6.00. The lowest BCUT2D eigenvalue weighted by Crippen LogP contribution is -2.47. The average Bonchev–Trinajstić information content (AvgIpc) is 2.89. The van der Waals surface area contributed by atoms with Crippen molar-refractivity contribution in [1.82, 2.24) is 5.32 Å². The van der Waals surface area contributed by atoms with E-state index in [0.717, 1.165) is 11.1 Å². The maximum absolute atomic E-state index is 13.0. The van der Waals surface area contributed by atoms with Crippen LogP contribution in [-0.2, 0) is 10.2 Å². The highest BCUT2D eigenvalue weighted by Gasteiger charge is 2.49. The molecule has 1 aliphatic rings. The van der Waals surface area contributed by atoms with Crippen molar-refractivity contribution in [1.29, 1.82) is 0 Å². The Morgan fingerprint density at radius 1 is 1.04 bits per heavy atom. The molecule has 1 N–H and O–H groups in total. The molecule has 25 heavy (non-hydrogen) atoms. The van der Waals surface area contributed by atoms with Gasteiger partial charge in [-0.05, 0) is 28.7 Å². The summed E-state index contributed by atoms with van der Waals surface area (Å²) in [7, 11) is 0. The number of hydrogen-bond donors (Lipinski definition) is 1. The zero-order chi connectivity index (χ0) is 18.1. The smallest absolute Gasteiger partial charge is 0.346 e. The Balaban J connectivity index is 2.15. The van der Waals surface area contributed by atoms with E-state index in [4.69, 9.17) is 6.42 Å². The summed E-state index contributed by atoms with van der Waals surface area (Å²) in [5.41, 5.74) is 1.91. The fourth-order valence-electron chi connectivity index (χ4n) is 3.54. The number of nitrogens with one attached hydrogen (secondary N) is 1. The van der Waals surface area contributed by atoms with Crippen molar-refractivity contribution in [2.75, 3.05) is 6.54 Å². The lowest BCUT2D eigenvalue weighted by atomic mass is 9.73. The second-order valence-corrected chi connectivity index (χ2v) is 6.00. The molecule has 0 saturated carbocycles. The monoisotopic (exact) mass is 343 g/mol. The normalized spacial score (nSPS) is 14.3. The third kappa shape index (κ3) is 2.89. The molecular weight excluding hydrogens is 327 g/mol. The predicted molar refractivity (Wildman–Crippen MR) is 89.8 cm³/mol. The Bertz CT molecular complexity index is 803. The maximum Gasteiger partial charge on any atom is 0.405 e. The number of carbonyl (C=O) groups excluding carboxylic acids is 1. The fourth-order valence-corrected chi connectivity index (χ4v) is 3.54. The summed E-state index contributed by atoms with van der Waals surface area (Å²) < 4.78 is 37.9. The molecule has 5 heteroatoms. The van der Waals surface area contributed by atoms with Crippen LogP contribution in [0.1, 0.15) is 24.0 Å². The molecule has 0 saturated heterocycles. The van der Waals surface area contributed by atoms with Gasteiger partial charge in [0.2, 0.25) is 5.91 Å². The number of amides is 1. The average molecular weight is 343 g/mol. The van der Waals surface area contributed by atoms with Crippen molar-refractivity contribution in [3.63, 3.8) is 0 Å². The van der Waals surface area contributed by atoms with Gasteiger partial charge in [0.25, 0.3) is 0 Å². The number of rotatable bonds is 4. The third-order valence-corrected chi connectivity index (χ3v) is 4.55. The van der Waals surface area contributed by atoms with Crippen LogP contribution in [0.4, 0.5) is 13.2 Å². The van der Waals surface area contributed by atoms with E-state index in [1.807, 2.05) is 24.3 Å². The van der Waals surface area contributed by atoms with Crippen LogP contribution in [0, 0.1) is 12.3 Å². The highest BCUT2D eigenvalue weighted by Crippen LogP contribution is 2.51. The van der Waals surface area contributed by atoms with E-state index in [-0.39, 0.29) is 12.8 Å². The molecule has 0 heterocycles. The highest BCUT2D eigenvalue weighted by molar-refractivity contribution is 6.00. The lowest BCUT2D eigenvalue weighted by molar-refractivity contribution is -0.141. The van der Waals surface area contributed by atoms with E-state index in [1.54, 1.807) is 24.3 Å². The van der Waals surface area contributed by atoms with Gasteiger partial charge in [0, 0.05) is 6.42 Å². The standard InChI is InChI=1S/C20H16F3NO/c1-2-3-12-19(18(25)24-13-20(21,22)23)16-10-6-4-8-14(16)15-9-5-7-11-17(15)19/h1,4-11H,3,12-13H2,(H,24,25). The van der Waals surface area contributed by atoms with Crippen LogP contribution in [0.15, 0.2) is 48.5 Å². The zero-order valence-electron chi connectivity index (χ0n) is 13.4. The van der Waals surface area contributed by atoms with Gasteiger partial charge in [-0.25, -0.2) is 0 Å². The fraction of sp³-hybridized carbons (Fsp3) is 0.250. The molecule has 2 aromatic carbocycles. The molecule has 2 nitrogen and oxygen atoms in total. The van der Waals surface area contributed by atoms with Crippen LogP contribution in [0.5, 0.6) is 0 Å². The summed E-state index contributed by atoms with van der Waals surface area (Å²) in [6.07, 6.45) is 1.45. The third-order valence-electron chi connectivity index (χ3n) is 4.55. The molecule has 2 aromatic rings. The van der Waals surface area contributed by atoms with Gasteiger partial charge in [-0.2, -0.15) is 13.2 Å². The SMILES string of the molecule is C#CCCC1(C(=O)NCC(F)(F)F)c2ccccc2-c2ccccc21. The molecule has 1 aliphatic carbocycles. The molecule has 0 unspecified atom stereocenters. The number of benzene rings is 2. The van der Waals surface area contributed by atoms with Crippen LogP contribution >= 0.6 is 0 Å².